The molecule has 2 aromatic rings. The van der Waals surface area contributed by atoms with Gasteiger partial charge in [0.05, 0.1) is 6.54 Å². The van der Waals surface area contributed by atoms with Crippen LogP contribution in [0.1, 0.15) is 37.4 Å². The third-order valence-electron chi connectivity index (χ3n) is 4.53. The Hall–Kier alpha value is -2.67. The maximum atomic E-state index is 12.5. The van der Waals surface area contributed by atoms with Crippen molar-refractivity contribution in [3.05, 3.63) is 70.8 Å². The number of hydrogen-bond acceptors (Lipinski definition) is 4. The number of hydrogen-bond donors (Lipinski definition) is 2. The van der Waals surface area contributed by atoms with E-state index in [1.54, 1.807) is 12.1 Å². The Morgan fingerprint density at radius 2 is 1.93 bits per heavy atom. The maximum Gasteiger partial charge on any atom is 0.573 e. The molecule has 1 aliphatic rings. The molecule has 0 atom stereocenters. The van der Waals surface area contributed by atoms with Gasteiger partial charge in [-0.2, -0.15) is 0 Å². The zero-order valence-corrected chi connectivity index (χ0v) is 15.8. The van der Waals surface area contributed by atoms with Gasteiger partial charge >= 0.3 is 6.36 Å². The molecule has 0 bridgehead atoms. The first kappa shape index (κ1) is 20.1. The molecule has 1 aliphatic heterocycles. The number of benzene rings is 1. The van der Waals surface area contributed by atoms with E-state index in [0.717, 1.165) is 30.0 Å². The van der Waals surface area contributed by atoms with Crippen molar-refractivity contribution in [2.45, 2.75) is 39.7 Å². The lowest BCUT2D eigenvalue weighted by atomic mass is 10.0. The van der Waals surface area contributed by atoms with Gasteiger partial charge in [-0.1, -0.05) is 30.7 Å². The van der Waals surface area contributed by atoms with Gasteiger partial charge in [-0.3, -0.25) is 0 Å². The van der Waals surface area contributed by atoms with Crippen molar-refractivity contribution in [1.82, 2.24) is 10.6 Å². The monoisotopic (exact) mass is 392 g/mol. The summed E-state index contributed by atoms with van der Waals surface area (Å²) in [6, 6.07) is 9.87. The highest BCUT2D eigenvalue weighted by atomic mass is 19.4. The Morgan fingerprint density at radius 3 is 2.68 bits per heavy atom. The summed E-state index contributed by atoms with van der Waals surface area (Å²) >= 11 is 0. The zero-order chi connectivity index (χ0) is 20.1. The molecule has 28 heavy (non-hydrogen) atoms. The summed E-state index contributed by atoms with van der Waals surface area (Å²) in [5.41, 5.74) is 3.82. The van der Waals surface area contributed by atoms with E-state index in [4.69, 9.17) is 4.42 Å². The second-order valence-corrected chi connectivity index (χ2v) is 6.57. The standard InChI is InChI=1S/C21H23F3N2O2/c1-3-15-10-18(14(2)26-11-15)20-9-8-17(27-20)13-25-12-16-6-4-5-7-19(16)28-21(22,23)24/h4-10,25-26H,3,11-13H2,1-2H3. The number of halogens is 3. The fourth-order valence-electron chi connectivity index (χ4n) is 3.00. The molecule has 1 aromatic heterocycles. The van der Waals surface area contributed by atoms with E-state index >= 15 is 0 Å². The van der Waals surface area contributed by atoms with Crippen molar-refractivity contribution in [2.24, 2.45) is 0 Å². The Kier molecular flexibility index (Phi) is 6.14. The van der Waals surface area contributed by atoms with Gasteiger partial charge in [0.1, 0.15) is 17.3 Å². The van der Waals surface area contributed by atoms with E-state index in [-0.39, 0.29) is 12.3 Å². The molecule has 0 saturated carbocycles. The Balaban J connectivity index is 1.63. The number of ether oxygens (including phenoxy) is 1. The Bertz CT molecular complexity index is 882. The molecule has 4 nitrogen and oxygen atoms in total. The van der Waals surface area contributed by atoms with E-state index in [0.29, 0.717) is 17.9 Å². The molecule has 2 heterocycles. The second-order valence-electron chi connectivity index (χ2n) is 6.57. The molecule has 0 spiro atoms. The summed E-state index contributed by atoms with van der Waals surface area (Å²) in [5, 5.41) is 6.46. The molecule has 1 aromatic carbocycles. The van der Waals surface area contributed by atoms with Crippen molar-refractivity contribution in [3.8, 4) is 5.75 Å². The Labute approximate surface area is 162 Å². The van der Waals surface area contributed by atoms with Crippen LogP contribution in [0.15, 0.2) is 58.2 Å². The summed E-state index contributed by atoms with van der Waals surface area (Å²) in [6.45, 7) is 5.59. The molecule has 0 saturated heterocycles. The molecular weight excluding hydrogens is 369 g/mol. The summed E-state index contributed by atoms with van der Waals surface area (Å²) in [6.07, 6.45) is -1.60. The highest BCUT2D eigenvalue weighted by Crippen LogP contribution is 2.27. The first-order valence-electron chi connectivity index (χ1n) is 9.13. The van der Waals surface area contributed by atoms with Crippen LogP contribution in [0.4, 0.5) is 13.2 Å². The minimum absolute atomic E-state index is 0.200. The van der Waals surface area contributed by atoms with Crippen molar-refractivity contribution < 1.29 is 22.3 Å². The van der Waals surface area contributed by atoms with Crippen molar-refractivity contribution >= 4 is 5.57 Å². The third kappa shape index (κ3) is 5.19. The fraction of sp³-hybridized carbons (Fsp3) is 0.333. The summed E-state index contributed by atoms with van der Waals surface area (Å²) in [5.74, 6) is 1.28. The molecular formula is C21H23F3N2O2. The van der Waals surface area contributed by atoms with Gasteiger partial charge in [-0.15, -0.1) is 13.2 Å². The molecule has 150 valence electrons. The number of rotatable bonds is 7. The average Bonchev–Trinajstić information content (AvgIpc) is 3.11. The van der Waals surface area contributed by atoms with Gasteiger partial charge in [0.15, 0.2) is 0 Å². The number of allylic oxidation sites excluding steroid dienone is 3. The van der Waals surface area contributed by atoms with E-state index in [1.165, 1.54) is 17.7 Å². The first-order valence-corrected chi connectivity index (χ1v) is 9.13. The molecule has 3 rings (SSSR count). The summed E-state index contributed by atoms with van der Waals surface area (Å²) in [4.78, 5) is 0. The predicted molar refractivity (Wildman–Crippen MR) is 101 cm³/mol. The van der Waals surface area contributed by atoms with E-state index in [1.807, 2.05) is 19.1 Å². The summed E-state index contributed by atoms with van der Waals surface area (Å²) in [7, 11) is 0. The van der Waals surface area contributed by atoms with Crippen LogP contribution in [0.25, 0.3) is 5.57 Å². The van der Waals surface area contributed by atoms with Crippen LogP contribution in [0.3, 0.4) is 0 Å². The quantitative estimate of drug-likeness (QED) is 0.685. The van der Waals surface area contributed by atoms with Gasteiger partial charge in [-0.05, 0) is 37.6 Å². The van der Waals surface area contributed by atoms with Crippen LogP contribution in [0.2, 0.25) is 0 Å². The van der Waals surface area contributed by atoms with Crippen LogP contribution in [0.5, 0.6) is 5.75 Å². The van der Waals surface area contributed by atoms with Gasteiger partial charge in [0, 0.05) is 29.9 Å². The number of para-hydroxylation sites is 1. The molecule has 0 unspecified atom stereocenters. The smallest absolute Gasteiger partial charge is 0.460 e. The SMILES string of the molecule is CCC1=CC(c2ccc(CNCc3ccccc3OC(F)(F)F)o2)=C(C)NC1. The average molecular weight is 392 g/mol. The van der Waals surface area contributed by atoms with Gasteiger partial charge < -0.3 is 19.8 Å². The minimum Gasteiger partial charge on any atom is -0.460 e. The predicted octanol–water partition coefficient (Wildman–Crippen LogP) is 5.14. The molecule has 2 N–H and O–H groups in total. The van der Waals surface area contributed by atoms with E-state index < -0.39 is 6.36 Å². The topological polar surface area (TPSA) is 46.4 Å². The highest BCUT2D eigenvalue weighted by molar-refractivity contribution is 5.75. The van der Waals surface area contributed by atoms with Gasteiger partial charge in [0.2, 0.25) is 0 Å². The van der Waals surface area contributed by atoms with Gasteiger partial charge in [0.25, 0.3) is 0 Å². The number of furan rings is 1. The van der Waals surface area contributed by atoms with E-state index in [9.17, 15) is 13.2 Å². The lowest BCUT2D eigenvalue weighted by molar-refractivity contribution is -0.274. The molecule has 0 amide bonds. The number of alkyl halides is 3. The molecule has 7 heteroatoms. The molecule has 0 fully saturated rings. The lowest BCUT2D eigenvalue weighted by Crippen LogP contribution is -2.20. The van der Waals surface area contributed by atoms with Crippen molar-refractivity contribution in [2.75, 3.05) is 6.54 Å². The maximum absolute atomic E-state index is 12.5. The van der Waals surface area contributed by atoms with Crippen molar-refractivity contribution in [3.63, 3.8) is 0 Å². The van der Waals surface area contributed by atoms with Crippen LogP contribution >= 0.6 is 0 Å². The first-order chi connectivity index (χ1) is 13.4. The lowest BCUT2D eigenvalue weighted by Gasteiger charge is -2.18. The van der Waals surface area contributed by atoms with Crippen LogP contribution < -0.4 is 15.4 Å². The zero-order valence-electron chi connectivity index (χ0n) is 15.8. The van der Waals surface area contributed by atoms with E-state index in [2.05, 4.69) is 28.4 Å². The normalized spacial score (nSPS) is 14.7. The largest absolute Gasteiger partial charge is 0.573 e. The van der Waals surface area contributed by atoms with Crippen LogP contribution in [0, 0.1) is 0 Å². The van der Waals surface area contributed by atoms with Crippen LogP contribution in [-0.2, 0) is 13.1 Å². The molecule has 0 radical (unpaired) electrons. The second kappa shape index (κ2) is 8.56. The third-order valence-corrected chi connectivity index (χ3v) is 4.53. The Morgan fingerprint density at radius 1 is 1.14 bits per heavy atom. The van der Waals surface area contributed by atoms with Gasteiger partial charge in [-0.25, -0.2) is 0 Å². The minimum atomic E-state index is -4.71. The number of nitrogens with one attached hydrogen (secondary N) is 2. The number of dihydropyridines is 1. The molecule has 0 aliphatic carbocycles. The summed E-state index contributed by atoms with van der Waals surface area (Å²) < 4.78 is 47.5. The van der Waals surface area contributed by atoms with Crippen molar-refractivity contribution in [1.29, 1.82) is 0 Å². The highest BCUT2D eigenvalue weighted by Gasteiger charge is 2.31. The fourth-order valence-corrected chi connectivity index (χ4v) is 3.00. The van der Waals surface area contributed by atoms with Crippen LogP contribution in [-0.4, -0.2) is 12.9 Å².